The number of carbonyl (C=O) groups is 2. The smallest absolute Gasteiger partial charge is 0.166 e. The Kier molecular flexibility index (Phi) is 4.09. The lowest BCUT2D eigenvalue weighted by Crippen LogP contribution is -2.02. The highest BCUT2D eigenvalue weighted by Gasteiger charge is 2.16. The van der Waals surface area contributed by atoms with Crippen LogP contribution in [0.5, 0.6) is 0 Å². The third-order valence-corrected chi connectivity index (χ3v) is 2.68. The lowest BCUT2D eigenvalue weighted by Gasteiger charge is -2.00. The maximum Gasteiger partial charge on any atom is 0.166 e. The number of nitrogens with one attached hydrogen (secondary N) is 1. The van der Waals surface area contributed by atoms with E-state index in [0.717, 1.165) is 17.5 Å². The van der Waals surface area contributed by atoms with Crippen molar-refractivity contribution in [3.8, 4) is 0 Å². The highest BCUT2D eigenvalue weighted by Crippen LogP contribution is 2.19. The molecule has 0 aliphatic carbocycles. The molecule has 0 saturated heterocycles. The van der Waals surface area contributed by atoms with Gasteiger partial charge in [0, 0.05) is 23.6 Å². The van der Waals surface area contributed by atoms with Crippen LogP contribution in [0.25, 0.3) is 0 Å². The number of carbonyl (C=O) groups excluding carboxylic acids is 2. The van der Waals surface area contributed by atoms with E-state index >= 15 is 0 Å². The fourth-order valence-corrected chi connectivity index (χ4v) is 1.80. The number of rotatable bonds is 5. The van der Waals surface area contributed by atoms with Crippen LogP contribution in [-0.4, -0.2) is 22.9 Å². The lowest BCUT2D eigenvalue weighted by molar-refractivity contribution is 0.0981. The van der Waals surface area contributed by atoms with Gasteiger partial charge in [-0.15, -0.1) is 11.6 Å². The Morgan fingerprint density at radius 2 is 2.13 bits per heavy atom. The molecule has 0 radical (unpaired) electrons. The first kappa shape index (κ1) is 12.0. The van der Waals surface area contributed by atoms with Gasteiger partial charge in [0.15, 0.2) is 12.1 Å². The van der Waals surface area contributed by atoms with Gasteiger partial charge >= 0.3 is 0 Å². The first-order valence-electron chi connectivity index (χ1n) is 4.85. The number of halogens is 1. The van der Waals surface area contributed by atoms with Gasteiger partial charge < -0.3 is 4.98 Å². The Labute approximate surface area is 93.8 Å². The number of aryl methyl sites for hydroxylation is 1. The second-order valence-electron chi connectivity index (χ2n) is 3.50. The Balaban J connectivity index is 2.98. The van der Waals surface area contributed by atoms with Crippen LogP contribution in [0.2, 0.25) is 0 Å². The molecule has 1 heterocycles. The van der Waals surface area contributed by atoms with Gasteiger partial charge in [-0.05, 0) is 25.8 Å². The molecular weight excluding hydrogens is 214 g/mol. The van der Waals surface area contributed by atoms with Gasteiger partial charge in [0.2, 0.25) is 0 Å². The van der Waals surface area contributed by atoms with Crippen molar-refractivity contribution in [2.75, 3.05) is 5.88 Å². The minimum Gasteiger partial charge on any atom is -0.356 e. The van der Waals surface area contributed by atoms with E-state index < -0.39 is 0 Å². The first-order chi connectivity index (χ1) is 7.11. The van der Waals surface area contributed by atoms with Crippen molar-refractivity contribution in [2.24, 2.45) is 0 Å². The van der Waals surface area contributed by atoms with Crippen LogP contribution in [-0.2, 0) is 0 Å². The summed E-state index contributed by atoms with van der Waals surface area (Å²) in [5.74, 6) is 0.532. The number of alkyl halides is 1. The molecule has 0 aromatic carbocycles. The topological polar surface area (TPSA) is 49.9 Å². The van der Waals surface area contributed by atoms with Gasteiger partial charge in [-0.25, -0.2) is 0 Å². The molecular formula is C11H14ClNO2. The zero-order valence-corrected chi connectivity index (χ0v) is 9.65. The van der Waals surface area contributed by atoms with Crippen LogP contribution in [0.3, 0.4) is 0 Å². The normalized spacial score (nSPS) is 10.3. The molecule has 1 rings (SSSR count). The monoisotopic (exact) mass is 227 g/mol. The molecule has 1 N–H and O–H groups in total. The summed E-state index contributed by atoms with van der Waals surface area (Å²) in [6, 6.07) is 0. The third-order valence-electron chi connectivity index (χ3n) is 2.41. The van der Waals surface area contributed by atoms with E-state index in [1.807, 2.05) is 0 Å². The molecule has 1 aromatic heterocycles. The summed E-state index contributed by atoms with van der Waals surface area (Å²) in [4.78, 5) is 25.3. The van der Waals surface area contributed by atoms with Crippen LogP contribution in [0.4, 0.5) is 0 Å². The van der Waals surface area contributed by atoms with Crippen molar-refractivity contribution >= 4 is 23.7 Å². The predicted molar refractivity (Wildman–Crippen MR) is 59.9 cm³/mol. The number of hydrogen-bond donors (Lipinski definition) is 1. The Bertz CT molecular complexity index is 382. The Morgan fingerprint density at radius 1 is 1.47 bits per heavy atom. The number of hydrogen-bond acceptors (Lipinski definition) is 2. The zero-order valence-electron chi connectivity index (χ0n) is 8.89. The molecule has 4 heteroatoms. The minimum atomic E-state index is 0.0509. The van der Waals surface area contributed by atoms with Crippen molar-refractivity contribution in [2.45, 2.75) is 26.7 Å². The molecule has 0 aliphatic heterocycles. The summed E-state index contributed by atoms with van der Waals surface area (Å²) < 4.78 is 0. The quantitative estimate of drug-likeness (QED) is 0.478. The third kappa shape index (κ3) is 2.48. The summed E-state index contributed by atoms with van der Waals surface area (Å²) in [5, 5.41) is 0. The van der Waals surface area contributed by atoms with E-state index in [4.69, 9.17) is 11.6 Å². The predicted octanol–water partition coefficient (Wildman–Crippen LogP) is 2.65. The maximum absolute atomic E-state index is 11.8. The number of aromatic nitrogens is 1. The summed E-state index contributed by atoms with van der Waals surface area (Å²) in [6.07, 6.45) is 1.84. The van der Waals surface area contributed by atoms with Crippen LogP contribution in [0.1, 0.15) is 44.9 Å². The maximum atomic E-state index is 11.8. The average molecular weight is 228 g/mol. The number of H-pyrrole nitrogens is 1. The molecule has 0 aliphatic rings. The summed E-state index contributed by atoms with van der Waals surface area (Å²) in [7, 11) is 0. The number of Topliss-reactive ketones (excluding diaryl/α,β-unsaturated/α-hetero) is 1. The molecule has 15 heavy (non-hydrogen) atoms. The lowest BCUT2D eigenvalue weighted by atomic mass is 10.0. The highest BCUT2D eigenvalue weighted by molar-refractivity contribution is 6.18. The molecule has 0 fully saturated rings. The van der Waals surface area contributed by atoms with E-state index in [1.54, 1.807) is 13.8 Å². The number of ketones is 1. The van der Waals surface area contributed by atoms with Crippen molar-refractivity contribution in [1.29, 1.82) is 0 Å². The highest BCUT2D eigenvalue weighted by atomic mass is 35.5. The second kappa shape index (κ2) is 5.12. The summed E-state index contributed by atoms with van der Waals surface area (Å²) in [6.45, 7) is 3.58. The molecule has 82 valence electrons. The van der Waals surface area contributed by atoms with E-state index in [0.29, 0.717) is 30.0 Å². The van der Waals surface area contributed by atoms with Crippen molar-refractivity contribution in [1.82, 2.24) is 4.98 Å². The largest absolute Gasteiger partial charge is 0.356 e. The van der Waals surface area contributed by atoms with E-state index in [1.165, 1.54) is 0 Å². The molecule has 1 aromatic rings. The number of aldehydes is 1. The van der Waals surface area contributed by atoms with Gasteiger partial charge in [-0.1, -0.05) is 0 Å². The van der Waals surface area contributed by atoms with Crippen LogP contribution in [0.15, 0.2) is 0 Å². The minimum absolute atomic E-state index is 0.0509. The van der Waals surface area contributed by atoms with Gasteiger partial charge in [-0.3, -0.25) is 9.59 Å². The molecule has 3 nitrogen and oxygen atoms in total. The first-order valence-corrected chi connectivity index (χ1v) is 5.38. The fraction of sp³-hybridized carbons (Fsp3) is 0.455. The van der Waals surface area contributed by atoms with Crippen molar-refractivity contribution < 1.29 is 9.59 Å². The summed E-state index contributed by atoms with van der Waals surface area (Å²) in [5.41, 5.74) is 2.63. The van der Waals surface area contributed by atoms with E-state index in [-0.39, 0.29) is 5.78 Å². The summed E-state index contributed by atoms with van der Waals surface area (Å²) >= 11 is 5.53. The molecule has 0 amide bonds. The van der Waals surface area contributed by atoms with Gasteiger partial charge in [-0.2, -0.15) is 0 Å². The van der Waals surface area contributed by atoms with Crippen LogP contribution in [0, 0.1) is 13.8 Å². The van der Waals surface area contributed by atoms with Gasteiger partial charge in [0.05, 0.1) is 5.69 Å². The molecule has 0 saturated carbocycles. The molecule has 0 atom stereocenters. The van der Waals surface area contributed by atoms with Gasteiger partial charge in [0.1, 0.15) is 0 Å². The zero-order chi connectivity index (χ0) is 11.4. The molecule has 0 spiro atoms. The number of aromatic amines is 1. The standard InChI is InChI=1S/C11H14ClNO2/c1-7-9(6-14)13-8(2)11(7)10(15)4-3-5-12/h6,13H,3-5H2,1-2H3. The van der Waals surface area contributed by atoms with E-state index in [9.17, 15) is 9.59 Å². The Hall–Kier alpha value is -1.09. The SMILES string of the molecule is Cc1[nH]c(C=O)c(C)c1C(=O)CCCCl. The Morgan fingerprint density at radius 3 is 2.60 bits per heavy atom. The van der Waals surface area contributed by atoms with Crippen molar-refractivity contribution in [3.05, 3.63) is 22.5 Å². The van der Waals surface area contributed by atoms with Gasteiger partial charge in [0.25, 0.3) is 0 Å². The molecule has 0 unspecified atom stereocenters. The average Bonchev–Trinajstić information content (AvgIpc) is 2.50. The van der Waals surface area contributed by atoms with Crippen molar-refractivity contribution in [3.63, 3.8) is 0 Å². The van der Waals surface area contributed by atoms with Crippen LogP contribution < -0.4 is 0 Å². The van der Waals surface area contributed by atoms with E-state index in [2.05, 4.69) is 4.98 Å². The molecule has 0 bridgehead atoms. The fourth-order valence-electron chi connectivity index (χ4n) is 1.66. The van der Waals surface area contributed by atoms with Crippen LogP contribution >= 0.6 is 11.6 Å². The second-order valence-corrected chi connectivity index (χ2v) is 3.88.